The summed E-state index contributed by atoms with van der Waals surface area (Å²) in [6, 6.07) is -0.291. The molecule has 20 heavy (non-hydrogen) atoms. The maximum atomic E-state index is 12.7. The Morgan fingerprint density at radius 2 is 1.35 bits per heavy atom. The Labute approximate surface area is 130 Å². The predicted molar refractivity (Wildman–Crippen MR) is 84.2 cm³/mol. The van der Waals surface area contributed by atoms with Gasteiger partial charge in [-0.2, -0.15) is 25.3 Å². The molecule has 8 heteroatoms. The quantitative estimate of drug-likeness (QED) is 0.554. The Bertz CT molecular complexity index is 388. The molecule has 0 aromatic heterocycles. The smallest absolute Gasteiger partial charge is 0.311 e. The summed E-state index contributed by atoms with van der Waals surface area (Å²) in [5.41, 5.74) is -1.47. The van der Waals surface area contributed by atoms with Crippen LogP contribution in [0, 0.1) is 0 Å². The standard InChI is InChI=1S/C12H22N4O2S2/c1-11-12(2,14-9(17)13-11)16(6-4-8-20)10(18)15(11)5-3-7-19/h19-20H,3-8H2,1-2H3,(H2,13,14,17). The molecule has 2 atom stereocenters. The summed E-state index contributed by atoms with van der Waals surface area (Å²) >= 11 is 8.40. The highest BCUT2D eigenvalue weighted by Gasteiger charge is 2.67. The first-order chi connectivity index (χ1) is 9.40. The fraction of sp³-hybridized carbons (Fsp3) is 0.833. The summed E-state index contributed by atoms with van der Waals surface area (Å²) in [4.78, 5) is 27.9. The molecule has 114 valence electrons. The number of nitrogens with zero attached hydrogens (tertiary/aromatic N) is 2. The molecule has 2 unspecified atom stereocenters. The first kappa shape index (κ1) is 15.6. The minimum atomic E-state index is -0.735. The van der Waals surface area contributed by atoms with Crippen LogP contribution in [0.25, 0.3) is 0 Å². The van der Waals surface area contributed by atoms with Gasteiger partial charge in [0.05, 0.1) is 0 Å². The predicted octanol–water partition coefficient (Wildman–Crippen LogP) is 1.11. The molecule has 2 rings (SSSR count). The molecule has 0 saturated carbocycles. The van der Waals surface area contributed by atoms with Crippen molar-refractivity contribution >= 4 is 37.3 Å². The number of carbonyl (C=O) groups is 2. The average molecular weight is 318 g/mol. The maximum Gasteiger partial charge on any atom is 0.323 e. The molecule has 6 nitrogen and oxygen atoms in total. The normalized spacial score (nSPS) is 32.4. The molecule has 2 N–H and O–H groups in total. The molecule has 0 bridgehead atoms. The van der Waals surface area contributed by atoms with Crippen molar-refractivity contribution < 1.29 is 9.59 Å². The van der Waals surface area contributed by atoms with E-state index in [1.54, 1.807) is 9.80 Å². The fourth-order valence-corrected chi connectivity index (χ4v) is 3.28. The van der Waals surface area contributed by atoms with Gasteiger partial charge in [-0.1, -0.05) is 0 Å². The number of thiol groups is 2. The molecule has 2 fully saturated rings. The number of fused-ring (bicyclic) bond motifs is 1. The second-order valence-electron chi connectivity index (χ2n) is 5.46. The molecule has 2 aliphatic rings. The van der Waals surface area contributed by atoms with Gasteiger partial charge in [0.25, 0.3) is 0 Å². The van der Waals surface area contributed by atoms with Gasteiger partial charge >= 0.3 is 12.1 Å². The first-order valence-electron chi connectivity index (χ1n) is 6.82. The topological polar surface area (TPSA) is 64.7 Å². The van der Waals surface area contributed by atoms with Gasteiger partial charge in [0.2, 0.25) is 0 Å². The minimum absolute atomic E-state index is 0.0499. The van der Waals surface area contributed by atoms with Gasteiger partial charge < -0.3 is 10.6 Å². The van der Waals surface area contributed by atoms with Crippen molar-refractivity contribution in [2.75, 3.05) is 24.6 Å². The summed E-state index contributed by atoms with van der Waals surface area (Å²) in [5, 5.41) is 5.80. The van der Waals surface area contributed by atoms with Crippen LogP contribution in [-0.2, 0) is 0 Å². The Balaban J connectivity index is 2.31. The van der Waals surface area contributed by atoms with Crippen molar-refractivity contribution in [3.8, 4) is 0 Å². The van der Waals surface area contributed by atoms with E-state index in [0.717, 1.165) is 12.8 Å². The van der Waals surface area contributed by atoms with E-state index in [1.165, 1.54) is 0 Å². The number of rotatable bonds is 6. The van der Waals surface area contributed by atoms with Crippen LogP contribution >= 0.6 is 25.3 Å². The average Bonchev–Trinajstić information content (AvgIpc) is 2.68. The number of hydrogen-bond acceptors (Lipinski definition) is 4. The SMILES string of the molecule is CC12NC(=O)NC1(C)N(CCCS)C(=O)N2CCCS. The van der Waals surface area contributed by atoms with Crippen molar-refractivity contribution in [1.29, 1.82) is 0 Å². The first-order valence-corrected chi connectivity index (χ1v) is 8.08. The van der Waals surface area contributed by atoms with Crippen molar-refractivity contribution in [1.82, 2.24) is 20.4 Å². The lowest BCUT2D eigenvalue weighted by Gasteiger charge is -2.39. The lowest BCUT2D eigenvalue weighted by Crippen LogP contribution is -2.63. The molecular formula is C12H22N4O2S2. The monoisotopic (exact) mass is 318 g/mol. The van der Waals surface area contributed by atoms with E-state index in [4.69, 9.17) is 0 Å². The van der Waals surface area contributed by atoms with Crippen molar-refractivity contribution in [3.63, 3.8) is 0 Å². The van der Waals surface area contributed by atoms with Gasteiger partial charge in [-0.25, -0.2) is 9.59 Å². The summed E-state index contributed by atoms with van der Waals surface area (Å²) < 4.78 is 0. The van der Waals surface area contributed by atoms with E-state index in [1.807, 2.05) is 13.8 Å². The number of carbonyl (C=O) groups excluding carboxylic acids is 2. The summed E-state index contributed by atoms with van der Waals surface area (Å²) in [5.74, 6) is 1.41. The Kier molecular flexibility index (Phi) is 4.34. The summed E-state index contributed by atoms with van der Waals surface area (Å²) in [6.07, 6.45) is 1.58. The third-order valence-corrected chi connectivity index (χ3v) is 4.92. The molecule has 4 amide bonds. The molecule has 0 aromatic carbocycles. The lowest BCUT2D eigenvalue weighted by molar-refractivity contribution is 0.0774. The van der Waals surface area contributed by atoms with Crippen LogP contribution in [-0.4, -0.2) is 57.8 Å². The van der Waals surface area contributed by atoms with Crippen LogP contribution in [0.2, 0.25) is 0 Å². The van der Waals surface area contributed by atoms with Crippen LogP contribution < -0.4 is 10.6 Å². The molecule has 2 heterocycles. The summed E-state index contributed by atoms with van der Waals surface area (Å²) in [6.45, 7) is 4.94. The second-order valence-corrected chi connectivity index (χ2v) is 6.36. The molecule has 0 radical (unpaired) electrons. The highest BCUT2D eigenvalue weighted by atomic mass is 32.1. The van der Waals surface area contributed by atoms with Crippen LogP contribution in [0.1, 0.15) is 26.7 Å². The lowest BCUT2D eigenvalue weighted by atomic mass is 9.97. The fourth-order valence-electron chi connectivity index (χ4n) is 3.00. The van der Waals surface area contributed by atoms with Gasteiger partial charge in [0.1, 0.15) is 0 Å². The van der Waals surface area contributed by atoms with Crippen molar-refractivity contribution in [2.45, 2.75) is 38.0 Å². The third kappa shape index (κ3) is 2.13. The number of urea groups is 2. The Morgan fingerprint density at radius 1 is 0.950 bits per heavy atom. The van der Waals surface area contributed by atoms with E-state index >= 15 is 0 Å². The molecule has 2 saturated heterocycles. The number of nitrogens with one attached hydrogen (secondary N) is 2. The van der Waals surface area contributed by atoms with Crippen LogP contribution in [0.5, 0.6) is 0 Å². The largest absolute Gasteiger partial charge is 0.323 e. The van der Waals surface area contributed by atoms with Gasteiger partial charge in [0, 0.05) is 13.1 Å². The highest BCUT2D eigenvalue weighted by molar-refractivity contribution is 7.80. The van der Waals surface area contributed by atoms with E-state index in [2.05, 4.69) is 35.9 Å². The second kappa shape index (κ2) is 5.55. The van der Waals surface area contributed by atoms with Crippen molar-refractivity contribution in [2.24, 2.45) is 0 Å². The zero-order chi connectivity index (χ0) is 15.0. The maximum absolute atomic E-state index is 12.7. The van der Waals surface area contributed by atoms with Crippen LogP contribution in [0.4, 0.5) is 9.59 Å². The van der Waals surface area contributed by atoms with Crippen LogP contribution in [0.15, 0.2) is 0 Å². The molecule has 0 spiro atoms. The zero-order valence-corrected chi connectivity index (χ0v) is 13.6. The molecule has 0 aliphatic carbocycles. The van der Waals surface area contributed by atoms with Gasteiger partial charge in [-0.05, 0) is 38.2 Å². The van der Waals surface area contributed by atoms with Gasteiger partial charge in [-0.3, -0.25) is 9.80 Å². The van der Waals surface area contributed by atoms with E-state index in [9.17, 15) is 9.59 Å². The van der Waals surface area contributed by atoms with E-state index in [0.29, 0.717) is 24.6 Å². The Morgan fingerprint density at radius 3 is 1.70 bits per heavy atom. The van der Waals surface area contributed by atoms with E-state index < -0.39 is 11.3 Å². The van der Waals surface area contributed by atoms with Crippen molar-refractivity contribution in [3.05, 3.63) is 0 Å². The zero-order valence-electron chi connectivity index (χ0n) is 11.8. The molecule has 2 aliphatic heterocycles. The van der Waals surface area contributed by atoms with Gasteiger partial charge in [-0.15, -0.1) is 0 Å². The minimum Gasteiger partial charge on any atom is -0.311 e. The van der Waals surface area contributed by atoms with Gasteiger partial charge in [0.15, 0.2) is 11.3 Å². The summed E-state index contributed by atoms with van der Waals surface area (Å²) in [7, 11) is 0. The van der Waals surface area contributed by atoms with E-state index in [-0.39, 0.29) is 12.1 Å². The molecule has 0 aromatic rings. The number of amides is 4. The Hall–Kier alpha value is -0.760. The number of hydrogen-bond donors (Lipinski definition) is 4. The highest BCUT2D eigenvalue weighted by Crippen LogP contribution is 2.41. The van der Waals surface area contributed by atoms with Crippen LogP contribution in [0.3, 0.4) is 0 Å². The molecular weight excluding hydrogens is 296 g/mol. The third-order valence-electron chi connectivity index (χ3n) is 4.28.